The normalized spacial score (nSPS) is 10.5. The zero-order valence-corrected chi connectivity index (χ0v) is 11.8. The predicted octanol–water partition coefficient (Wildman–Crippen LogP) is 0.544. The van der Waals surface area contributed by atoms with Crippen molar-refractivity contribution in [2.75, 3.05) is 20.1 Å². The maximum absolute atomic E-state index is 11.5. The maximum Gasteiger partial charge on any atom is 0.234 e. The topological polar surface area (TPSA) is 75.4 Å². The Hall–Kier alpha value is -0.920. The van der Waals surface area contributed by atoms with Crippen LogP contribution < -0.4 is 11.1 Å². The number of hydrogen-bond donors (Lipinski definition) is 2. The largest absolute Gasteiger partial charge is 0.369 e. The number of hydrogen-bond acceptors (Lipinski definition) is 4. The monoisotopic (exact) mass is 319 g/mol. The quantitative estimate of drug-likeness (QED) is 0.803. The molecule has 0 aliphatic rings. The Morgan fingerprint density at radius 1 is 1.53 bits per heavy atom. The van der Waals surface area contributed by atoms with E-state index in [0.717, 1.165) is 9.35 Å². The summed E-state index contributed by atoms with van der Waals surface area (Å²) < 4.78 is 1.01. The zero-order valence-electron chi connectivity index (χ0n) is 9.40. The van der Waals surface area contributed by atoms with E-state index in [1.165, 1.54) is 0 Å². The van der Waals surface area contributed by atoms with Crippen LogP contribution in [0.1, 0.15) is 4.88 Å². The lowest BCUT2D eigenvalue weighted by Gasteiger charge is -2.13. The van der Waals surface area contributed by atoms with E-state index in [-0.39, 0.29) is 19.0 Å². The van der Waals surface area contributed by atoms with Gasteiger partial charge in [-0.1, -0.05) is 0 Å². The van der Waals surface area contributed by atoms with Crippen molar-refractivity contribution in [2.45, 2.75) is 6.54 Å². The second kappa shape index (κ2) is 6.73. The van der Waals surface area contributed by atoms with Gasteiger partial charge in [0.1, 0.15) is 0 Å². The Kier molecular flexibility index (Phi) is 5.60. The van der Waals surface area contributed by atoms with Gasteiger partial charge in [-0.15, -0.1) is 11.3 Å². The number of halogens is 1. The van der Waals surface area contributed by atoms with Crippen molar-refractivity contribution in [1.29, 1.82) is 0 Å². The van der Waals surface area contributed by atoms with Crippen LogP contribution in [-0.2, 0) is 16.1 Å². The molecule has 0 saturated carbocycles. The zero-order chi connectivity index (χ0) is 12.8. The first-order chi connectivity index (χ1) is 7.97. The van der Waals surface area contributed by atoms with E-state index >= 15 is 0 Å². The third kappa shape index (κ3) is 5.81. The molecular weight excluding hydrogens is 306 g/mol. The summed E-state index contributed by atoms with van der Waals surface area (Å²) in [5, 5.41) is 4.73. The lowest BCUT2D eigenvalue weighted by molar-refractivity contribution is -0.123. The van der Waals surface area contributed by atoms with Crippen LogP contribution in [0.15, 0.2) is 15.9 Å². The number of amides is 2. The molecule has 17 heavy (non-hydrogen) atoms. The number of carbonyl (C=O) groups excluding carboxylic acids is 2. The van der Waals surface area contributed by atoms with Gasteiger partial charge in [-0.3, -0.25) is 14.5 Å². The number of nitrogens with one attached hydrogen (secondary N) is 1. The van der Waals surface area contributed by atoms with Crippen LogP contribution in [0.3, 0.4) is 0 Å². The second-order valence-corrected chi connectivity index (χ2v) is 5.56. The minimum absolute atomic E-state index is 0.0813. The fraction of sp³-hybridized carbons (Fsp3) is 0.400. The lowest BCUT2D eigenvalue weighted by Crippen LogP contribution is -2.38. The first-order valence-corrected chi connectivity index (χ1v) is 6.61. The summed E-state index contributed by atoms with van der Waals surface area (Å²) in [6.45, 7) is 0.743. The van der Waals surface area contributed by atoms with Gasteiger partial charge < -0.3 is 11.1 Å². The van der Waals surface area contributed by atoms with Crippen LogP contribution >= 0.6 is 27.3 Å². The van der Waals surface area contributed by atoms with Crippen LogP contribution in [-0.4, -0.2) is 36.9 Å². The molecule has 1 rings (SSSR count). The average molecular weight is 320 g/mol. The van der Waals surface area contributed by atoms with E-state index in [4.69, 9.17) is 5.73 Å². The predicted molar refractivity (Wildman–Crippen MR) is 70.6 cm³/mol. The molecule has 0 radical (unpaired) electrons. The standard InChI is InChI=1S/C10H14BrN3O2S/c1-14(4-9(12)15)5-10(16)13-3-8-2-7(11)6-17-8/h2,6H,3-5H2,1H3,(H2,12,15)(H,13,16). The fourth-order valence-electron chi connectivity index (χ4n) is 1.26. The average Bonchev–Trinajstić information content (AvgIpc) is 2.59. The molecule has 2 amide bonds. The fourth-order valence-corrected chi connectivity index (χ4v) is 2.65. The number of thiophene rings is 1. The number of nitrogens with two attached hydrogens (primary N) is 1. The molecule has 0 atom stereocenters. The molecule has 0 saturated heterocycles. The highest BCUT2D eigenvalue weighted by molar-refractivity contribution is 9.10. The van der Waals surface area contributed by atoms with E-state index in [9.17, 15) is 9.59 Å². The molecule has 0 aromatic carbocycles. The maximum atomic E-state index is 11.5. The van der Waals surface area contributed by atoms with Gasteiger partial charge in [-0.05, 0) is 29.0 Å². The Labute approximate surface area is 112 Å². The Morgan fingerprint density at radius 3 is 2.76 bits per heavy atom. The van der Waals surface area contributed by atoms with Crippen LogP contribution in [0.5, 0.6) is 0 Å². The van der Waals surface area contributed by atoms with E-state index in [1.54, 1.807) is 23.3 Å². The van der Waals surface area contributed by atoms with Crippen LogP contribution in [0.25, 0.3) is 0 Å². The molecule has 1 aromatic heterocycles. The highest BCUT2D eigenvalue weighted by Crippen LogP contribution is 2.19. The summed E-state index contributed by atoms with van der Waals surface area (Å²) in [4.78, 5) is 24.8. The Morgan fingerprint density at radius 2 is 2.24 bits per heavy atom. The number of carbonyl (C=O) groups is 2. The molecule has 7 heteroatoms. The van der Waals surface area contributed by atoms with Gasteiger partial charge in [0.25, 0.3) is 0 Å². The van der Waals surface area contributed by atoms with Crippen molar-refractivity contribution in [1.82, 2.24) is 10.2 Å². The summed E-state index contributed by atoms with van der Waals surface area (Å²) in [6.07, 6.45) is 0. The summed E-state index contributed by atoms with van der Waals surface area (Å²) in [5.41, 5.74) is 5.02. The van der Waals surface area contributed by atoms with Gasteiger partial charge >= 0.3 is 0 Å². The summed E-state index contributed by atoms with van der Waals surface area (Å²) in [5.74, 6) is -0.569. The molecule has 0 spiro atoms. The van der Waals surface area contributed by atoms with Crippen LogP contribution in [0.2, 0.25) is 0 Å². The van der Waals surface area contributed by atoms with Crippen molar-refractivity contribution >= 4 is 39.1 Å². The highest BCUT2D eigenvalue weighted by atomic mass is 79.9. The van der Waals surface area contributed by atoms with Gasteiger partial charge in [0.15, 0.2) is 0 Å². The van der Waals surface area contributed by atoms with Gasteiger partial charge in [0, 0.05) is 14.7 Å². The first kappa shape index (κ1) is 14.1. The molecule has 0 bridgehead atoms. The third-order valence-corrected chi connectivity index (χ3v) is 3.62. The minimum Gasteiger partial charge on any atom is -0.369 e. The smallest absolute Gasteiger partial charge is 0.234 e. The van der Waals surface area contributed by atoms with E-state index in [1.807, 2.05) is 11.4 Å². The number of likely N-dealkylation sites (N-methyl/N-ethyl adjacent to an activating group) is 1. The molecule has 94 valence electrons. The van der Waals surface area contributed by atoms with Crippen LogP contribution in [0.4, 0.5) is 0 Å². The molecule has 0 fully saturated rings. The summed E-state index contributed by atoms with van der Waals surface area (Å²) in [6, 6.07) is 1.96. The Balaban J connectivity index is 2.28. The highest BCUT2D eigenvalue weighted by Gasteiger charge is 2.08. The van der Waals surface area contributed by atoms with Crippen molar-refractivity contribution in [3.63, 3.8) is 0 Å². The van der Waals surface area contributed by atoms with Crippen molar-refractivity contribution in [3.05, 3.63) is 20.8 Å². The van der Waals surface area contributed by atoms with Crippen molar-refractivity contribution < 1.29 is 9.59 Å². The number of primary amides is 1. The minimum atomic E-state index is -0.442. The molecule has 0 aliphatic heterocycles. The van der Waals surface area contributed by atoms with Crippen molar-refractivity contribution in [2.24, 2.45) is 5.73 Å². The molecule has 1 heterocycles. The van der Waals surface area contributed by atoms with E-state index < -0.39 is 5.91 Å². The van der Waals surface area contributed by atoms with Gasteiger partial charge in [0.2, 0.25) is 11.8 Å². The molecule has 0 aliphatic carbocycles. The van der Waals surface area contributed by atoms with E-state index in [2.05, 4.69) is 21.2 Å². The van der Waals surface area contributed by atoms with Crippen LogP contribution in [0, 0.1) is 0 Å². The Bertz CT molecular complexity index is 408. The summed E-state index contributed by atoms with van der Waals surface area (Å²) in [7, 11) is 1.67. The lowest BCUT2D eigenvalue weighted by atomic mass is 10.4. The SMILES string of the molecule is CN(CC(N)=O)CC(=O)NCc1cc(Br)cs1. The molecular formula is C10H14BrN3O2S. The molecule has 5 nitrogen and oxygen atoms in total. The van der Waals surface area contributed by atoms with Crippen molar-refractivity contribution in [3.8, 4) is 0 Å². The third-order valence-electron chi connectivity index (χ3n) is 1.92. The van der Waals surface area contributed by atoms with Gasteiger partial charge in [-0.2, -0.15) is 0 Å². The van der Waals surface area contributed by atoms with Gasteiger partial charge in [-0.25, -0.2) is 0 Å². The van der Waals surface area contributed by atoms with Gasteiger partial charge in [0.05, 0.1) is 19.6 Å². The first-order valence-electron chi connectivity index (χ1n) is 4.94. The molecule has 1 aromatic rings. The molecule has 0 unspecified atom stereocenters. The molecule has 3 N–H and O–H groups in total. The number of nitrogens with zero attached hydrogens (tertiary/aromatic N) is 1. The van der Waals surface area contributed by atoms with E-state index in [0.29, 0.717) is 6.54 Å². The second-order valence-electron chi connectivity index (χ2n) is 3.65. The summed E-state index contributed by atoms with van der Waals surface area (Å²) >= 11 is 4.92. The number of rotatable bonds is 6.